The summed E-state index contributed by atoms with van der Waals surface area (Å²) in [6.45, 7) is 0.0839. The molecule has 1 aliphatic rings. The van der Waals surface area contributed by atoms with Gasteiger partial charge in [0.05, 0.1) is 28.9 Å². The van der Waals surface area contributed by atoms with Crippen molar-refractivity contribution >= 4 is 23.6 Å². The number of urea groups is 1. The molecule has 1 heterocycles. The molecule has 0 fully saturated rings. The van der Waals surface area contributed by atoms with Crippen LogP contribution in [0, 0.1) is 0 Å². The van der Waals surface area contributed by atoms with E-state index in [9.17, 15) is 9.59 Å². The van der Waals surface area contributed by atoms with Crippen LogP contribution >= 0.6 is 11.6 Å². The normalized spacial score (nSPS) is 13.0. The Bertz CT molecular complexity index is 1070. The van der Waals surface area contributed by atoms with Crippen molar-refractivity contribution in [1.82, 2.24) is 15.6 Å². The number of nitrogens with zero attached hydrogens (tertiary/aromatic N) is 1. The lowest BCUT2D eigenvalue weighted by Gasteiger charge is -2.22. The van der Waals surface area contributed by atoms with Crippen LogP contribution in [0.2, 0.25) is 5.02 Å². The molecule has 0 saturated heterocycles. The Balaban J connectivity index is 1.53. The maximum Gasteiger partial charge on any atom is 0.337 e. The molecule has 7 heteroatoms. The first-order valence-electron chi connectivity index (χ1n) is 9.60. The van der Waals surface area contributed by atoms with Gasteiger partial charge < -0.3 is 15.7 Å². The van der Waals surface area contributed by atoms with Gasteiger partial charge in [-0.15, -0.1) is 0 Å². The smallest absolute Gasteiger partial charge is 0.337 e. The molecule has 4 rings (SSSR count). The van der Waals surface area contributed by atoms with Gasteiger partial charge in [0.15, 0.2) is 0 Å². The Morgan fingerprint density at radius 3 is 2.20 bits per heavy atom. The van der Waals surface area contributed by atoms with Crippen LogP contribution in [0.3, 0.4) is 0 Å². The Kier molecular flexibility index (Phi) is 5.68. The summed E-state index contributed by atoms with van der Waals surface area (Å²) in [7, 11) is 0. The molecule has 30 heavy (non-hydrogen) atoms. The number of aromatic nitrogens is 1. The number of carboxylic acids is 1. The number of nitrogens with one attached hydrogen (secondary N) is 2. The van der Waals surface area contributed by atoms with Gasteiger partial charge in [0, 0.05) is 6.20 Å². The molecule has 0 spiro atoms. The van der Waals surface area contributed by atoms with Gasteiger partial charge in [-0.2, -0.15) is 0 Å². The Hall–Kier alpha value is -3.38. The van der Waals surface area contributed by atoms with Crippen molar-refractivity contribution in [3.05, 3.63) is 99.3 Å². The number of rotatable bonds is 4. The van der Waals surface area contributed by atoms with Crippen LogP contribution in [-0.2, 0) is 19.4 Å². The predicted octanol–water partition coefficient (Wildman–Crippen LogP) is 4.12. The highest BCUT2D eigenvalue weighted by molar-refractivity contribution is 6.31. The second-order valence-corrected chi connectivity index (χ2v) is 7.52. The second kappa shape index (κ2) is 8.55. The van der Waals surface area contributed by atoms with Gasteiger partial charge >= 0.3 is 12.0 Å². The standard InChI is InChI=1S/C23H20ClN3O3/c24-19-11-16(22(28)29)12-25-20(19)13-26-23(30)27-21-17-7-3-1-5-14(17)9-10-15-6-2-4-8-18(15)21/h1-8,11-12,21H,9-10,13H2,(H,28,29)(H2,26,27,30). The molecule has 0 radical (unpaired) electrons. The van der Waals surface area contributed by atoms with E-state index in [1.54, 1.807) is 0 Å². The van der Waals surface area contributed by atoms with Gasteiger partial charge in [0.1, 0.15) is 0 Å². The van der Waals surface area contributed by atoms with E-state index in [1.165, 1.54) is 23.4 Å². The van der Waals surface area contributed by atoms with Crippen molar-refractivity contribution < 1.29 is 14.7 Å². The van der Waals surface area contributed by atoms with E-state index in [0.717, 1.165) is 24.0 Å². The van der Waals surface area contributed by atoms with Crippen LogP contribution in [0.15, 0.2) is 60.8 Å². The number of aryl methyl sites for hydroxylation is 2. The highest BCUT2D eigenvalue weighted by Crippen LogP contribution is 2.32. The van der Waals surface area contributed by atoms with Crippen molar-refractivity contribution in [1.29, 1.82) is 0 Å². The van der Waals surface area contributed by atoms with Gasteiger partial charge in [-0.25, -0.2) is 9.59 Å². The summed E-state index contributed by atoms with van der Waals surface area (Å²) in [5.74, 6) is -1.10. The summed E-state index contributed by atoms with van der Waals surface area (Å²) in [6, 6.07) is 17.0. The Labute approximate surface area is 178 Å². The zero-order valence-corrected chi connectivity index (χ0v) is 16.8. The summed E-state index contributed by atoms with van der Waals surface area (Å²) in [6.07, 6.45) is 3.06. The molecule has 2 amide bonds. The number of carbonyl (C=O) groups is 2. The van der Waals surface area contributed by atoms with Gasteiger partial charge in [0.2, 0.25) is 0 Å². The summed E-state index contributed by atoms with van der Waals surface area (Å²) in [4.78, 5) is 27.8. The van der Waals surface area contributed by atoms with Crippen molar-refractivity contribution in [3.8, 4) is 0 Å². The van der Waals surface area contributed by atoms with E-state index in [0.29, 0.717) is 5.69 Å². The average molecular weight is 422 g/mol. The number of carbonyl (C=O) groups excluding carboxylic acids is 1. The lowest BCUT2D eigenvalue weighted by atomic mass is 9.95. The molecule has 0 bridgehead atoms. The fraction of sp³-hybridized carbons (Fsp3) is 0.174. The van der Waals surface area contributed by atoms with Crippen molar-refractivity contribution in [2.45, 2.75) is 25.4 Å². The maximum atomic E-state index is 12.7. The van der Waals surface area contributed by atoms with E-state index in [1.807, 2.05) is 36.4 Å². The fourth-order valence-corrected chi connectivity index (χ4v) is 3.97. The number of carboxylic acid groups (broad SMARTS) is 1. The fourth-order valence-electron chi connectivity index (χ4n) is 3.74. The summed E-state index contributed by atoms with van der Waals surface area (Å²) < 4.78 is 0. The molecule has 0 aliphatic heterocycles. The van der Waals surface area contributed by atoms with E-state index >= 15 is 0 Å². The largest absolute Gasteiger partial charge is 0.478 e. The molecule has 3 N–H and O–H groups in total. The third-order valence-corrected chi connectivity index (χ3v) is 5.58. The van der Waals surface area contributed by atoms with Crippen molar-refractivity contribution in [2.24, 2.45) is 0 Å². The minimum Gasteiger partial charge on any atom is -0.478 e. The van der Waals surface area contributed by atoms with Crippen LogP contribution in [0.4, 0.5) is 4.79 Å². The topological polar surface area (TPSA) is 91.3 Å². The summed E-state index contributed by atoms with van der Waals surface area (Å²) >= 11 is 6.11. The maximum absolute atomic E-state index is 12.7. The molecule has 3 aromatic rings. The zero-order chi connectivity index (χ0) is 21.1. The number of halogens is 1. The van der Waals surface area contributed by atoms with E-state index < -0.39 is 5.97 Å². The number of fused-ring (bicyclic) bond motifs is 2. The first-order chi connectivity index (χ1) is 14.5. The molecule has 1 aliphatic carbocycles. The molecule has 152 valence electrons. The number of hydrogen-bond donors (Lipinski definition) is 3. The molecular weight excluding hydrogens is 402 g/mol. The Morgan fingerprint density at radius 2 is 1.63 bits per heavy atom. The van der Waals surface area contributed by atoms with Gasteiger partial charge in [-0.05, 0) is 41.2 Å². The molecule has 2 aromatic carbocycles. The predicted molar refractivity (Wildman–Crippen MR) is 114 cm³/mol. The quantitative estimate of drug-likeness (QED) is 0.591. The highest BCUT2D eigenvalue weighted by Gasteiger charge is 2.24. The van der Waals surface area contributed by atoms with Crippen molar-refractivity contribution in [3.63, 3.8) is 0 Å². The van der Waals surface area contributed by atoms with Gasteiger partial charge in [-0.3, -0.25) is 4.98 Å². The molecule has 1 aromatic heterocycles. The zero-order valence-electron chi connectivity index (χ0n) is 16.1. The van der Waals surface area contributed by atoms with Gasteiger partial charge in [-0.1, -0.05) is 60.1 Å². The molecule has 0 unspecified atom stereocenters. The monoisotopic (exact) mass is 421 g/mol. The minimum absolute atomic E-state index is 0.000119. The summed E-state index contributed by atoms with van der Waals surface area (Å²) in [5.41, 5.74) is 5.00. The van der Waals surface area contributed by atoms with Crippen LogP contribution in [0.25, 0.3) is 0 Å². The first-order valence-corrected chi connectivity index (χ1v) is 9.98. The van der Waals surface area contributed by atoms with Crippen molar-refractivity contribution in [2.75, 3.05) is 0 Å². The number of amides is 2. The third kappa shape index (κ3) is 4.14. The van der Waals surface area contributed by atoms with E-state index in [-0.39, 0.29) is 29.2 Å². The SMILES string of the molecule is O=C(NCc1ncc(C(=O)O)cc1Cl)NC1c2ccccc2CCc2ccccc21. The minimum atomic E-state index is -1.10. The molecule has 6 nitrogen and oxygen atoms in total. The van der Waals surface area contributed by atoms with E-state index in [2.05, 4.69) is 27.8 Å². The lowest BCUT2D eigenvalue weighted by molar-refractivity contribution is 0.0696. The third-order valence-electron chi connectivity index (χ3n) is 5.25. The Morgan fingerprint density at radius 1 is 1.03 bits per heavy atom. The summed E-state index contributed by atoms with van der Waals surface area (Å²) in [5, 5.41) is 15.0. The van der Waals surface area contributed by atoms with Crippen LogP contribution in [0.1, 0.15) is 44.3 Å². The average Bonchev–Trinajstić information content (AvgIpc) is 2.90. The number of hydrogen-bond acceptors (Lipinski definition) is 3. The molecule has 0 atom stereocenters. The molecule has 0 saturated carbocycles. The van der Waals surface area contributed by atoms with E-state index in [4.69, 9.17) is 16.7 Å². The number of benzene rings is 2. The number of pyridine rings is 1. The highest BCUT2D eigenvalue weighted by atomic mass is 35.5. The van der Waals surface area contributed by atoms with Crippen LogP contribution in [0.5, 0.6) is 0 Å². The molecular formula is C23H20ClN3O3. The lowest BCUT2D eigenvalue weighted by Crippen LogP contribution is -2.38. The van der Waals surface area contributed by atoms with Crippen LogP contribution < -0.4 is 10.6 Å². The number of aromatic carboxylic acids is 1. The second-order valence-electron chi connectivity index (χ2n) is 7.12. The van der Waals surface area contributed by atoms with Gasteiger partial charge in [0.25, 0.3) is 0 Å². The van der Waals surface area contributed by atoms with Crippen LogP contribution in [-0.4, -0.2) is 22.1 Å². The first kappa shape index (κ1) is 19.9.